The van der Waals surface area contributed by atoms with Crippen molar-refractivity contribution in [2.24, 2.45) is 5.92 Å². The molecule has 1 rings (SSSR count). The highest BCUT2D eigenvalue weighted by Crippen LogP contribution is 2.22. The van der Waals surface area contributed by atoms with Crippen LogP contribution in [0.1, 0.15) is 39.0 Å². The number of piperidine rings is 1. The van der Waals surface area contributed by atoms with Gasteiger partial charge in [0.2, 0.25) is 0 Å². The molecule has 1 aliphatic heterocycles. The number of rotatable bonds is 7. The van der Waals surface area contributed by atoms with Crippen molar-refractivity contribution in [3.8, 4) is 0 Å². The van der Waals surface area contributed by atoms with E-state index >= 15 is 0 Å². The lowest BCUT2D eigenvalue weighted by molar-refractivity contribution is -0.137. The van der Waals surface area contributed by atoms with E-state index in [2.05, 4.69) is 4.72 Å². The van der Waals surface area contributed by atoms with E-state index in [0.717, 1.165) is 19.3 Å². The molecule has 1 heterocycles. The second-order valence-corrected chi connectivity index (χ2v) is 6.45. The average molecular weight is 278 g/mol. The van der Waals surface area contributed by atoms with E-state index in [1.165, 1.54) is 4.31 Å². The summed E-state index contributed by atoms with van der Waals surface area (Å²) in [5.41, 5.74) is 0. The van der Waals surface area contributed by atoms with Gasteiger partial charge < -0.3 is 5.11 Å². The van der Waals surface area contributed by atoms with Crippen LogP contribution in [-0.2, 0) is 15.0 Å². The molecule has 18 heavy (non-hydrogen) atoms. The molecule has 0 saturated carbocycles. The van der Waals surface area contributed by atoms with Crippen molar-refractivity contribution in [3.63, 3.8) is 0 Å². The van der Waals surface area contributed by atoms with Gasteiger partial charge in [-0.05, 0) is 31.6 Å². The minimum absolute atomic E-state index is 0.112. The minimum atomic E-state index is -3.38. The van der Waals surface area contributed by atoms with Gasteiger partial charge >= 0.3 is 5.97 Å². The molecule has 7 heteroatoms. The van der Waals surface area contributed by atoms with Crippen LogP contribution in [-0.4, -0.2) is 43.4 Å². The zero-order valence-corrected chi connectivity index (χ0v) is 11.6. The van der Waals surface area contributed by atoms with Gasteiger partial charge in [0.15, 0.2) is 0 Å². The average Bonchev–Trinajstić information content (AvgIpc) is 2.34. The number of carbonyl (C=O) groups is 1. The van der Waals surface area contributed by atoms with E-state index in [-0.39, 0.29) is 12.3 Å². The first-order valence-electron chi connectivity index (χ1n) is 6.42. The molecular formula is C11H22N2O4S. The number of nitrogens with zero attached hydrogens (tertiary/aromatic N) is 1. The first kappa shape index (κ1) is 15.4. The summed E-state index contributed by atoms with van der Waals surface area (Å²) < 4.78 is 27.8. The van der Waals surface area contributed by atoms with Gasteiger partial charge in [-0.2, -0.15) is 12.7 Å². The molecular weight excluding hydrogens is 256 g/mol. The minimum Gasteiger partial charge on any atom is -0.481 e. The summed E-state index contributed by atoms with van der Waals surface area (Å²) in [5.74, 6) is -0.660. The van der Waals surface area contributed by atoms with E-state index in [4.69, 9.17) is 5.11 Å². The van der Waals surface area contributed by atoms with Gasteiger partial charge in [0.1, 0.15) is 0 Å². The molecule has 1 fully saturated rings. The van der Waals surface area contributed by atoms with Crippen molar-refractivity contribution >= 4 is 16.2 Å². The Morgan fingerprint density at radius 2 is 2.22 bits per heavy atom. The van der Waals surface area contributed by atoms with Crippen LogP contribution in [0.3, 0.4) is 0 Å². The Bertz CT molecular complexity index is 369. The number of aliphatic carboxylic acids is 1. The van der Waals surface area contributed by atoms with Crippen molar-refractivity contribution in [1.82, 2.24) is 9.03 Å². The van der Waals surface area contributed by atoms with Crippen molar-refractivity contribution < 1.29 is 18.3 Å². The van der Waals surface area contributed by atoms with Crippen LogP contribution in [0.25, 0.3) is 0 Å². The van der Waals surface area contributed by atoms with E-state index in [1.807, 2.05) is 6.92 Å². The molecule has 106 valence electrons. The first-order chi connectivity index (χ1) is 8.45. The van der Waals surface area contributed by atoms with Gasteiger partial charge in [0.25, 0.3) is 10.2 Å². The lowest BCUT2D eigenvalue weighted by Gasteiger charge is -2.31. The predicted molar refractivity (Wildman–Crippen MR) is 68.4 cm³/mol. The van der Waals surface area contributed by atoms with Crippen LogP contribution in [0.5, 0.6) is 0 Å². The van der Waals surface area contributed by atoms with Crippen LogP contribution in [0, 0.1) is 5.92 Å². The fourth-order valence-electron chi connectivity index (χ4n) is 2.13. The highest BCUT2D eigenvalue weighted by atomic mass is 32.2. The summed E-state index contributed by atoms with van der Waals surface area (Å²) in [6, 6.07) is 0. The van der Waals surface area contributed by atoms with Crippen LogP contribution in [0.15, 0.2) is 0 Å². The highest BCUT2D eigenvalue weighted by Gasteiger charge is 2.28. The second-order valence-electron chi connectivity index (χ2n) is 4.70. The van der Waals surface area contributed by atoms with Crippen LogP contribution < -0.4 is 4.72 Å². The highest BCUT2D eigenvalue weighted by molar-refractivity contribution is 7.87. The van der Waals surface area contributed by atoms with Gasteiger partial charge in [0.05, 0.1) is 0 Å². The van der Waals surface area contributed by atoms with Crippen LogP contribution in [0.4, 0.5) is 0 Å². The standard InChI is InChI=1S/C11H22N2O4S/c1-2-7-12-18(16,17)13-8-3-4-10(9-13)5-6-11(14)15/h10,12H,2-9H2,1H3,(H,14,15). The summed E-state index contributed by atoms with van der Waals surface area (Å²) in [6.45, 7) is 3.32. The summed E-state index contributed by atoms with van der Waals surface area (Å²) in [4.78, 5) is 10.5. The van der Waals surface area contributed by atoms with Gasteiger partial charge in [-0.25, -0.2) is 4.72 Å². The molecule has 1 atom stereocenters. The van der Waals surface area contributed by atoms with Crippen LogP contribution >= 0.6 is 0 Å². The molecule has 2 N–H and O–H groups in total. The summed E-state index contributed by atoms with van der Waals surface area (Å²) in [6.07, 6.45) is 3.13. The Morgan fingerprint density at radius 3 is 2.83 bits per heavy atom. The van der Waals surface area contributed by atoms with Crippen molar-refractivity contribution in [2.75, 3.05) is 19.6 Å². The molecule has 6 nitrogen and oxygen atoms in total. The number of carboxylic acids is 1. The molecule has 1 aliphatic rings. The quantitative estimate of drug-likeness (QED) is 0.721. The Morgan fingerprint density at radius 1 is 1.50 bits per heavy atom. The zero-order chi connectivity index (χ0) is 13.6. The van der Waals surface area contributed by atoms with Crippen molar-refractivity contribution in [2.45, 2.75) is 39.0 Å². The molecule has 0 aromatic heterocycles. The predicted octanol–water partition coefficient (Wildman–Crippen LogP) is 0.808. The first-order valence-corrected chi connectivity index (χ1v) is 7.86. The molecule has 0 aliphatic carbocycles. The van der Waals surface area contributed by atoms with E-state index < -0.39 is 16.2 Å². The maximum Gasteiger partial charge on any atom is 0.303 e. The third kappa shape index (κ3) is 4.91. The number of nitrogens with one attached hydrogen (secondary N) is 1. The monoisotopic (exact) mass is 278 g/mol. The number of hydrogen-bond acceptors (Lipinski definition) is 3. The Labute approximate surface area is 109 Å². The van der Waals surface area contributed by atoms with Gasteiger partial charge in [-0.1, -0.05) is 6.92 Å². The Kier molecular flexibility index (Phi) is 6.04. The maximum absolute atomic E-state index is 11.9. The fraction of sp³-hybridized carbons (Fsp3) is 0.909. The molecule has 0 aromatic rings. The lowest BCUT2D eigenvalue weighted by atomic mass is 9.95. The maximum atomic E-state index is 11.9. The Hall–Kier alpha value is -0.660. The molecule has 0 radical (unpaired) electrons. The second kappa shape index (κ2) is 7.06. The zero-order valence-electron chi connectivity index (χ0n) is 10.8. The smallest absolute Gasteiger partial charge is 0.303 e. The number of carboxylic acid groups (broad SMARTS) is 1. The van der Waals surface area contributed by atoms with Crippen molar-refractivity contribution in [3.05, 3.63) is 0 Å². The molecule has 1 unspecified atom stereocenters. The summed E-state index contributed by atoms with van der Waals surface area (Å²) >= 11 is 0. The lowest BCUT2D eigenvalue weighted by Crippen LogP contribution is -2.46. The third-order valence-corrected chi connectivity index (χ3v) is 4.70. The molecule has 0 bridgehead atoms. The van der Waals surface area contributed by atoms with E-state index in [9.17, 15) is 13.2 Å². The number of hydrogen-bond donors (Lipinski definition) is 2. The summed E-state index contributed by atoms with van der Waals surface area (Å²) in [5, 5.41) is 8.64. The fourth-order valence-corrected chi connectivity index (χ4v) is 3.55. The molecule has 0 amide bonds. The normalized spacial score (nSPS) is 21.9. The summed E-state index contributed by atoms with van der Waals surface area (Å²) in [7, 11) is -3.38. The van der Waals surface area contributed by atoms with Gasteiger partial charge in [-0.3, -0.25) is 4.79 Å². The molecule has 1 saturated heterocycles. The molecule has 0 spiro atoms. The Balaban J connectivity index is 2.49. The third-order valence-electron chi connectivity index (χ3n) is 3.12. The van der Waals surface area contributed by atoms with Crippen molar-refractivity contribution in [1.29, 1.82) is 0 Å². The SMILES string of the molecule is CCCNS(=O)(=O)N1CCCC(CCC(=O)O)C1. The largest absolute Gasteiger partial charge is 0.481 e. The van der Waals surface area contributed by atoms with E-state index in [1.54, 1.807) is 0 Å². The molecule has 0 aromatic carbocycles. The van der Waals surface area contributed by atoms with Crippen LogP contribution in [0.2, 0.25) is 0 Å². The topological polar surface area (TPSA) is 86.7 Å². The van der Waals surface area contributed by atoms with E-state index in [0.29, 0.717) is 26.1 Å². The van der Waals surface area contributed by atoms with Gasteiger partial charge in [0, 0.05) is 26.1 Å². The van der Waals surface area contributed by atoms with Gasteiger partial charge in [-0.15, -0.1) is 0 Å².